The summed E-state index contributed by atoms with van der Waals surface area (Å²) < 4.78 is 5.37. The minimum Gasteiger partial charge on any atom is -0.339 e. The second kappa shape index (κ2) is 5.75. The number of thioether (sulfide) groups is 1. The van der Waals surface area contributed by atoms with Crippen molar-refractivity contribution >= 4 is 11.8 Å². The average Bonchev–Trinajstić information content (AvgIpc) is 3.09. The van der Waals surface area contributed by atoms with Crippen LogP contribution in [0.5, 0.6) is 0 Å². The zero-order valence-electron chi connectivity index (χ0n) is 10.7. The van der Waals surface area contributed by atoms with Crippen LogP contribution in [0.1, 0.15) is 40.9 Å². The lowest BCUT2D eigenvalue weighted by atomic mass is 10.0. The van der Waals surface area contributed by atoms with Crippen LogP contribution in [0.4, 0.5) is 0 Å². The zero-order valence-corrected chi connectivity index (χ0v) is 11.5. The molecular formula is C14H17N3OS. The Morgan fingerprint density at radius 3 is 2.89 bits per heavy atom. The Hall–Kier alpha value is -1.33. The Kier molecular flexibility index (Phi) is 3.84. The number of rotatable bonds is 4. The minimum atomic E-state index is 0.419. The summed E-state index contributed by atoms with van der Waals surface area (Å²) in [4.78, 5) is 4.52. The summed E-state index contributed by atoms with van der Waals surface area (Å²) in [5, 5.41) is 4.53. The molecule has 1 unspecified atom stereocenters. The normalized spacial score (nSPS) is 18.9. The molecule has 2 N–H and O–H groups in total. The van der Waals surface area contributed by atoms with Gasteiger partial charge in [-0.05, 0) is 29.7 Å². The molecule has 1 aliphatic rings. The van der Waals surface area contributed by atoms with Crippen LogP contribution < -0.4 is 5.73 Å². The van der Waals surface area contributed by atoms with E-state index >= 15 is 0 Å². The first-order chi connectivity index (χ1) is 9.36. The summed E-state index contributed by atoms with van der Waals surface area (Å²) in [6.07, 6.45) is 3.07. The molecule has 19 heavy (non-hydrogen) atoms. The third kappa shape index (κ3) is 2.82. The molecule has 1 fully saturated rings. The van der Waals surface area contributed by atoms with Gasteiger partial charge in [0.05, 0.1) is 11.7 Å². The predicted octanol–water partition coefficient (Wildman–Crippen LogP) is 2.69. The summed E-state index contributed by atoms with van der Waals surface area (Å²) in [5.41, 5.74) is 8.04. The third-order valence-corrected chi connectivity index (χ3v) is 4.75. The first-order valence-electron chi connectivity index (χ1n) is 6.58. The van der Waals surface area contributed by atoms with E-state index in [0.29, 0.717) is 24.1 Å². The van der Waals surface area contributed by atoms with Gasteiger partial charge >= 0.3 is 0 Å². The van der Waals surface area contributed by atoms with Gasteiger partial charge in [0.1, 0.15) is 0 Å². The zero-order chi connectivity index (χ0) is 13.1. The molecule has 0 bridgehead atoms. The fourth-order valence-electron chi connectivity index (χ4n) is 2.34. The molecular weight excluding hydrogens is 258 g/mol. The number of hydrogen-bond acceptors (Lipinski definition) is 5. The van der Waals surface area contributed by atoms with Gasteiger partial charge in [-0.3, -0.25) is 0 Å². The van der Waals surface area contributed by atoms with E-state index in [1.54, 1.807) is 0 Å². The second-order valence-electron chi connectivity index (χ2n) is 4.70. The van der Waals surface area contributed by atoms with Gasteiger partial charge in [-0.1, -0.05) is 29.4 Å². The van der Waals surface area contributed by atoms with Crippen molar-refractivity contribution in [2.45, 2.75) is 31.1 Å². The van der Waals surface area contributed by atoms with Gasteiger partial charge in [-0.15, -0.1) is 0 Å². The lowest BCUT2D eigenvalue weighted by Gasteiger charge is -2.04. The lowest BCUT2D eigenvalue weighted by molar-refractivity contribution is 0.378. The van der Waals surface area contributed by atoms with E-state index in [2.05, 4.69) is 16.2 Å². The molecule has 0 aliphatic carbocycles. The van der Waals surface area contributed by atoms with E-state index in [9.17, 15) is 0 Å². The Balaban J connectivity index is 1.76. The van der Waals surface area contributed by atoms with E-state index in [4.69, 9.17) is 10.3 Å². The largest absolute Gasteiger partial charge is 0.339 e. The van der Waals surface area contributed by atoms with Gasteiger partial charge in [-0.2, -0.15) is 16.7 Å². The maximum absolute atomic E-state index is 5.74. The molecule has 1 saturated heterocycles. The van der Waals surface area contributed by atoms with Gasteiger partial charge < -0.3 is 10.3 Å². The van der Waals surface area contributed by atoms with E-state index in [0.717, 1.165) is 17.8 Å². The Morgan fingerprint density at radius 1 is 1.32 bits per heavy atom. The summed E-state index contributed by atoms with van der Waals surface area (Å²) in [5.74, 6) is 2.73. The lowest BCUT2D eigenvalue weighted by Crippen LogP contribution is -2.02. The molecule has 1 aromatic carbocycles. The quantitative estimate of drug-likeness (QED) is 0.929. The SMILES string of the molecule is NCc1ccccc1Cc1nc(C2CCCS2)no1. The number of benzene rings is 1. The van der Waals surface area contributed by atoms with Gasteiger partial charge in [-0.25, -0.2) is 0 Å². The van der Waals surface area contributed by atoms with Crippen molar-refractivity contribution in [1.82, 2.24) is 10.1 Å². The summed E-state index contributed by atoms with van der Waals surface area (Å²) in [6.45, 7) is 0.537. The van der Waals surface area contributed by atoms with Crippen molar-refractivity contribution in [3.63, 3.8) is 0 Å². The van der Waals surface area contributed by atoms with E-state index in [1.165, 1.54) is 17.7 Å². The van der Waals surface area contributed by atoms with Crippen LogP contribution in [-0.2, 0) is 13.0 Å². The smallest absolute Gasteiger partial charge is 0.231 e. The maximum atomic E-state index is 5.74. The minimum absolute atomic E-state index is 0.419. The molecule has 1 aliphatic heterocycles. The van der Waals surface area contributed by atoms with Crippen molar-refractivity contribution in [1.29, 1.82) is 0 Å². The van der Waals surface area contributed by atoms with Gasteiger partial charge in [0.15, 0.2) is 5.82 Å². The van der Waals surface area contributed by atoms with Gasteiger partial charge in [0.2, 0.25) is 5.89 Å². The molecule has 0 radical (unpaired) electrons. The van der Waals surface area contributed by atoms with Crippen LogP contribution in [0.25, 0.3) is 0 Å². The average molecular weight is 275 g/mol. The molecule has 4 nitrogen and oxygen atoms in total. The Morgan fingerprint density at radius 2 is 2.16 bits per heavy atom. The van der Waals surface area contributed by atoms with E-state index in [-0.39, 0.29) is 0 Å². The third-order valence-electron chi connectivity index (χ3n) is 3.38. The molecule has 1 aromatic heterocycles. The number of aromatic nitrogens is 2. The maximum Gasteiger partial charge on any atom is 0.231 e. The number of nitrogens with zero attached hydrogens (tertiary/aromatic N) is 2. The fourth-order valence-corrected chi connectivity index (χ4v) is 3.54. The van der Waals surface area contributed by atoms with Crippen molar-refractivity contribution in [2.75, 3.05) is 5.75 Å². The molecule has 100 valence electrons. The number of nitrogens with two attached hydrogens (primary N) is 1. The highest BCUT2D eigenvalue weighted by molar-refractivity contribution is 7.99. The highest BCUT2D eigenvalue weighted by Crippen LogP contribution is 2.38. The van der Waals surface area contributed by atoms with Crippen LogP contribution in [0.3, 0.4) is 0 Å². The molecule has 2 heterocycles. The molecule has 1 atom stereocenters. The summed E-state index contributed by atoms with van der Waals surface area (Å²) in [6, 6.07) is 8.12. The monoisotopic (exact) mass is 275 g/mol. The first-order valence-corrected chi connectivity index (χ1v) is 7.62. The molecule has 0 amide bonds. The molecule has 3 rings (SSSR count). The first kappa shape index (κ1) is 12.7. The molecule has 5 heteroatoms. The van der Waals surface area contributed by atoms with Crippen molar-refractivity contribution in [3.8, 4) is 0 Å². The van der Waals surface area contributed by atoms with Crippen LogP contribution in [0, 0.1) is 0 Å². The van der Waals surface area contributed by atoms with Gasteiger partial charge in [0, 0.05) is 6.54 Å². The molecule has 2 aromatic rings. The second-order valence-corrected chi connectivity index (χ2v) is 6.01. The standard InChI is InChI=1S/C14H17N3OS/c15-9-11-5-2-1-4-10(11)8-13-16-14(17-18-13)12-6-3-7-19-12/h1-2,4-5,12H,3,6-9,15H2. The highest BCUT2D eigenvalue weighted by atomic mass is 32.2. The predicted molar refractivity (Wildman–Crippen MR) is 75.9 cm³/mol. The van der Waals surface area contributed by atoms with Crippen LogP contribution >= 0.6 is 11.8 Å². The Labute approximate surface area is 116 Å². The van der Waals surface area contributed by atoms with Crippen LogP contribution in [0.15, 0.2) is 28.8 Å². The van der Waals surface area contributed by atoms with Crippen molar-refractivity contribution in [2.24, 2.45) is 5.73 Å². The van der Waals surface area contributed by atoms with Crippen molar-refractivity contribution in [3.05, 3.63) is 47.1 Å². The topological polar surface area (TPSA) is 64.9 Å². The number of hydrogen-bond donors (Lipinski definition) is 1. The highest BCUT2D eigenvalue weighted by Gasteiger charge is 2.23. The van der Waals surface area contributed by atoms with E-state index in [1.807, 2.05) is 30.0 Å². The Bertz CT molecular complexity index is 549. The fraction of sp³-hybridized carbons (Fsp3) is 0.429. The van der Waals surface area contributed by atoms with Crippen LogP contribution in [0.2, 0.25) is 0 Å². The summed E-state index contributed by atoms with van der Waals surface area (Å²) >= 11 is 1.92. The molecule has 0 spiro atoms. The summed E-state index contributed by atoms with van der Waals surface area (Å²) in [7, 11) is 0. The van der Waals surface area contributed by atoms with Crippen LogP contribution in [-0.4, -0.2) is 15.9 Å². The molecule has 0 saturated carbocycles. The van der Waals surface area contributed by atoms with Gasteiger partial charge in [0.25, 0.3) is 0 Å². The van der Waals surface area contributed by atoms with E-state index < -0.39 is 0 Å². The van der Waals surface area contributed by atoms with Crippen molar-refractivity contribution < 1.29 is 4.52 Å².